The zero-order valence-corrected chi connectivity index (χ0v) is 16.6. The van der Waals surface area contributed by atoms with Crippen molar-refractivity contribution in [2.75, 3.05) is 0 Å². The molecule has 2 aliphatic carbocycles. The molecule has 1 fully saturated rings. The van der Waals surface area contributed by atoms with Gasteiger partial charge in [0.05, 0.1) is 17.8 Å². The number of aromatic carboxylic acids is 1. The molecule has 1 aromatic rings. The highest BCUT2D eigenvalue weighted by Gasteiger charge is 2.43. The van der Waals surface area contributed by atoms with E-state index in [-0.39, 0.29) is 12.0 Å². The van der Waals surface area contributed by atoms with Gasteiger partial charge in [-0.05, 0) is 55.2 Å². The summed E-state index contributed by atoms with van der Waals surface area (Å²) in [7, 11) is 0. The predicted octanol–water partition coefficient (Wildman–Crippen LogP) is 4.37. The number of unbranched alkanes of at least 4 members (excludes halogenated alkanes) is 2. The van der Waals surface area contributed by atoms with Gasteiger partial charge in [0, 0.05) is 5.92 Å². The van der Waals surface area contributed by atoms with E-state index in [9.17, 15) is 15.0 Å². The third kappa shape index (κ3) is 5.12. The lowest BCUT2D eigenvalue weighted by molar-refractivity contribution is 0.0696. The number of hydrogen-bond acceptors (Lipinski definition) is 3. The average molecular weight is 385 g/mol. The Balaban J connectivity index is 1.59. The Kier molecular flexibility index (Phi) is 7.08. The van der Waals surface area contributed by atoms with E-state index in [1.54, 1.807) is 18.2 Å². The summed E-state index contributed by atoms with van der Waals surface area (Å²) in [4.78, 5) is 11.2. The van der Waals surface area contributed by atoms with Gasteiger partial charge in [0.15, 0.2) is 0 Å². The van der Waals surface area contributed by atoms with Gasteiger partial charge in [0.1, 0.15) is 0 Å². The van der Waals surface area contributed by atoms with Crippen LogP contribution in [0, 0.1) is 17.8 Å². The summed E-state index contributed by atoms with van der Waals surface area (Å²) in [6.07, 6.45) is 12.0. The highest BCUT2D eigenvalue weighted by molar-refractivity contribution is 5.87. The Morgan fingerprint density at radius 1 is 1.32 bits per heavy atom. The molecular weight excluding hydrogens is 352 g/mol. The first-order chi connectivity index (χ1) is 13.5. The molecule has 0 aromatic heterocycles. The van der Waals surface area contributed by atoms with Gasteiger partial charge in [-0.15, -0.1) is 0 Å². The van der Waals surface area contributed by atoms with Crippen molar-refractivity contribution in [1.29, 1.82) is 0 Å². The number of rotatable bonds is 9. The minimum absolute atomic E-state index is 0.0879. The first-order valence-corrected chi connectivity index (χ1v) is 10.5. The van der Waals surface area contributed by atoms with Crippen LogP contribution in [0.2, 0.25) is 0 Å². The SMILES string of the molecule is CCCCC[C@H](O)/C=C/[C@H]1[C@H]2CC(Cc3cccc(C(=O)O)c3)=C[C@H]2C[C@H]1O. The smallest absolute Gasteiger partial charge is 0.335 e. The van der Waals surface area contributed by atoms with Crippen LogP contribution in [0.3, 0.4) is 0 Å². The molecule has 0 spiro atoms. The van der Waals surface area contributed by atoms with Crippen LogP contribution in [-0.4, -0.2) is 33.5 Å². The van der Waals surface area contributed by atoms with Crippen LogP contribution in [0.15, 0.2) is 48.1 Å². The summed E-state index contributed by atoms with van der Waals surface area (Å²) in [5.41, 5.74) is 2.67. The van der Waals surface area contributed by atoms with E-state index in [0.717, 1.165) is 50.5 Å². The van der Waals surface area contributed by atoms with Crippen molar-refractivity contribution in [2.24, 2.45) is 17.8 Å². The van der Waals surface area contributed by atoms with Crippen molar-refractivity contribution >= 4 is 5.97 Å². The second-order valence-corrected chi connectivity index (χ2v) is 8.37. The summed E-state index contributed by atoms with van der Waals surface area (Å²) < 4.78 is 0. The summed E-state index contributed by atoms with van der Waals surface area (Å²) in [6.45, 7) is 2.15. The zero-order valence-electron chi connectivity index (χ0n) is 16.6. The van der Waals surface area contributed by atoms with Gasteiger partial charge in [-0.2, -0.15) is 0 Å². The molecule has 0 radical (unpaired) electrons. The summed E-state index contributed by atoms with van der Waals surface area (Å²) >= 11 is 0. The van der Waals surface area contributed by atoms with E-state index in [1.165, 1.54) is 5.57 Å². The van der Waals surface area contributed by atoms with Crippen LogP contribution in [0.1, 0.15) is 61.4 Å². The zero-order chi connectivity index (χ0) is 20.1. The minimum atomic E-state index is -0.898. The predicted molar refractivity (Wildman–Crippen MR) is 110 cm³/mol. The molecule has 0 heterocycles. The van der Waals surface area contributed by atoms with E-state index in [4.69, 9.17) is 5.11 Å². The van der Waals surface area contributed by atoms with Crippen LogP contribution < -0.4 is 0 Å². The quantitative estimate of drug-likeness (QED) is 0.436. The highest BCUT2D eigenvalue weighted by Crippen LogP contribution is 2.47. The van der Waals surface area contributed by atoms with Gasteiger partial charge in [-0.1, -0.05) is 62.1 Å². The molecule has 0 saturated heterocycles. The van der Waals surface area contributed by atoms with Gasteiger partial charge in [0.2, 0.25) is 0 Å². The van der Waals surface area contributed by atoms with Crippen LogP contribution in [0.4, 0.5) is 0 Å². The average Bonchev–Trinajstić information content (AvgIpc) is 3.16. The standard InChI is InChI=1S/C24H32O4/c1-2-3-4-8-20(25)9-10-21-22-14-17(13-19(22)15-23(21)26)11-16-6-5-7-18(12-16)24(27)28/h5-7,9-10,12-13,19-23,25-26H,2-4,8,11,14-15H2,1H3,(H,27,28)/b10-9+/t19-,20-,21-,22-,23+/m0/s1. The van der Waals surface area contributed by atoms with Crippen molar-refractivity contribution < 1.29 is 20.1 Å². The molecule has 0 aliphatic heterocycles. The Morgan fingerprint density at radius 3 is 2.89 bits per heavy atom. The monoisotopic (exact) mass is 384 g/mol. The molecule has 1 aromatic carbocycles. The molecule has 4 nitrogen and oxygen atoms in total. The number of hydrogen-bond donors (Lipinski definition) is 3. The molecule has 3 N–H and O–H groups in total. The lowest BCUT2D eigenvalue weighted by Crippen LogP contribution is -2.18. The number of aliphatic hydroxyl groups is 2. The molecule has 2 aliphatic rings. The maximum atomic E-state index is 11.2. The van der Waals surface area contributed by atoms with E-state index >= 15 is 0 Å². The second kappa shape index (κ2) is 9.53. The molecule has 0 unspecified atom stereocenters. The topological polar surface area (TPSA) is 77.8 Å². The number of carbonyl (C=O) groups is 1. The largest absolute Gasteiger partial charge is 0.478 e. The van der Waals surface area contributed by atoms with Gasteiger partial charge in [0.25, 0.3) is 0 Å². The van der Waals surface area contributed by atoms with E-state index < -0.39 is 12.1 Å². The number of aliphatic hydroxyl groups excluding tert-OH is 2. The maximum absolute atomic E-state index is 11.2. The Labute approximate surface area is 167 Å². The Hall–Kier alpha value is -1.91. The van der Waals surface area contributed by atoms with Crippen LogP contribution in [-0.2, 0) is 6.42 Å². The molecule has 4 heteroatoms. The second-order valence-electron chi connectivity index (χ2n) is 8.37. The molecule has 0 amide bonds. The van der Waals surface area contributed by atoms with Gasteiger partial charge < -0.3 is 15.3 Å². The van der Waals surface area contributed by atoms with Gasteiger partial charge in [-0.3, -0.25) is 0 Å². The maximum Gasteiger partial charge on any atom is 0.335 e. The highest BCUT2D eigenvalue weighted by atomic mass is 16.4. The molecule has 5 atom stereocenters. The molecular formula is C24H32O4. The van der Waals surface area contributed by atoms with Crippen molar-refractivity contribution in [2.45, 2.75) is 64.1 Å². The molecule has 28 heavy (non-hydrogen) atoms. The van der Waals surface area contributed by atoms with E-state index in [1.807, 2.05) is 18.2 Å². The third-order valence-electron chi connectivity index (χ3n) is 6.21. The number of carboxylic acids is 1. The fraction of sp³-hybridized carbons (Fsp3) is 0.542. The fourth-order valence-corrected chi connectivity index (χ4v) is 4.77. The first-order valence-electron chi connectivity index (χ1n) is 10.5. The number of allylic oxidation sites excluding steroid dienone is 2. The van der Waals surface area contributed by atoms with Gasteiger partial charge in [-0.25, -0.2) is 4.79 Å². The van der Waals surface area contributed by atoms with Crippen LogP contribution >= 0.6 is 0 Å². The van der Waals surface area contributed by atoms with E-state index in [0.29, 0.717) is 17.4 Å². The van der Waals surface area contributed by atoms with Crippen molar-refractivity contribution in [3.8, 4) is 0 Å². The van der Waals surface area contributed by atoms with Crippen molar-refractivity contribution in [3.05, 3.63) is 59.2 Å². The fourth-order valence-electron chi connectivity index (χ4n) is 4.77. The lowest BCUT2D eigenvalue weighted by atomic mass is 9.88. The Morgan fingerprint density at radius 2 is 2.14 bits per heavy atom. The van der Waals surface area contributed by atoms with E-state index in [2.05, 4.69) is 13.0 Å². The molecule has 0 bridgehead atoms. The normalized spacial score (nSPS) is 27.8. The molecule has 3 rings (SSSR count). The van der Waals surface area contributed by atoms with Crippen molar-refractivity contribution in [3.63, 3.8) is 0 Å². The summed E-state index contributed by atoms with van der Waals surface area (Å²) in [5.74, 6) is -0.0545. The third-order valence-corrected chi connectivity index (χ3v) is 6.21. The number of fused-ring (bicyclic) bond motifs is 1. The Bertz CT molecular complexity index is 736. The van der Waals surface area contributed by atoms with Gasteiger partial charge >= 0.3 is 5.97 Å². The van der Waals surface area contributed by atoms with Crippen LogP contribution in [0.25, 0.3) is 0 Å². The molecule has 152 valence electrons. The van der Waals surface area contributed by atoms with Crippen molar-refractivity contribution in [1.82, 2.24) is 0 Å². The molecule has 1 saturated carbocycles. The minimum Gasteiger partial charge on any atom is -0.478 e. The summed E-state index contributed by atoms with van der Waals surface area (Å²) in [6, 6.07) is 7.13. The summed E-state index contributed by atoms with van der Waals surface area (Å²) in [5, 5.41) is 29.8. The number of carboxylic acid groups (broad SMARTS) is 1. The van der Waals surface area contributed by atoms with Crippen LogP contribution in [0.5, 0.6) is 0 Å². The first kappa shape index (κ1) is 20.8. The lowest BCUT2D eigenvalue weighted by Gasteiger charge is -2.19. The number of benzene rings is 1.